The van der Waals surface area contributed by atoms with E-state index in [1.54, 1.807) is 6.20 Å². The molecule has 0 aliphatic heterocycles. The lowest BCUT2D eigenvalue weighted by atomic mass is 10.0. The zero-order valence-electron chi connectivity index (χ0n) is 24.2. The first-order chi connectivity index (χ1) is 22.3. The van der Waals surface area contributed by atoms with Crippen molar-refractivity contribution < 1.29 is 4.42 Å². The number of nitrogens with zero attached hydrogens (tertiary/aromatic N) is 3. The fourth-order valence-corrected chi connectivity index (χ4v) is 7.26. The summed E-state index contributed by atoms with van der Waals surface area (Å²) in [5, 5.41) is 7.15. The minimum atomic E-state index is 0.857. The highest BCUT2D eigenvalue weighted by Crippen LogP contribution is 2.43. The first-order valence-corrected chi connectivity index (χ1v) is 15.2. The summed E-state index contributed by atoms with van der Waals surface area (Å²) >= 11 is 0. The van der Waals surface area contributed by atoms with Crippen LogP contribution < -0.4 is 0 Å². The molecule has 10 rings (SSSR count). The van der Waals surface area contributed by atoms with Gasteiger partial charge in [-0.15, -0.1) is 0 Å². The Balaban J connectivity index is 1.31. The number of benzene rings is 6. The normalized spacial score (nSPS) is 12.0. The fraction of sp³-hybridized carbons (Fsp3) is 0. The van der Waals surface area contributed by atoms with Crippen molar-refractivity contribution in [2.75, 3.05) is 0 Å². The second-order valence-electron chi connectivity index (χ2n) is 11.6. The summed E-state index contributed by atoms with van der Waals surface area (Å²) < 4.78 is 10.9. The SMILES string of the molecule is c1ccc(-n2c3ccccc3c3c4c5ccc(-c6ccc7oc8ccncc8c7c6)cc5n(-c5ccccc5)c4ccc32)cc1. The summed E-state index contributed by atoms with van der Waals surface area (Å²) in [6.45, 7) is 0. The van der Waals surface area contributed by atoms with Crippen molar-refractivity contribution in [3.63, 3.8) is 0 Å². The van der Waals surface area contributed by atoms with Crippen molar-refractivity contribution in [2.24, 2.45) is 0 Å². The molecule has 0 aliphatic rings. The molecule has 4 nitrogen and oxygen atoms in total. The topological polar surface area (TPSA) is 35.9 Å². The molecule has 0 bridgehead atoms. The van der Waals surface area contributed by atoms with Gasteiger partial charge in [-0.3, -0.25) is 4.98 Å². The molecule has 0 fully saturated rings. The number of furan rings is 1. The molecule has 4 heterocycles. The lowest BCUT2D eigenvalue weighted by molar-refractivity contribution is 0.668. The predicted molar refractivity (Wildman–Crippen MR) is 186 cm³/mol. The first-order valence-electron chi connectivity index (χ1n) is 15.2. The maximum absolute atomic E-state index is 6.09. The van der Waals surface area contributed by atoms with Crippen molar-refractivity contribution in [3.05, 3.63) is 152 Å². The van der Waals surface area contributed by atoms with E-state index in [0.29, 0.717) is 0 Å². The van der Waals surface area contributed by atoms with Crippen LogP contribution in [0.15, 0.2) is 156 Å². The van der Waals surface area contributed by atoms with Crippen LogP contribution in [0.2, 0.25) is 0 Å². The first kappa shape index (κ1) is 24.3. The number of fused-ring (bicyclic) bond motifs is 10. The van der Waals surface area contributed by atoms with Gasteiger partial charge in [0.15, 0.2) is 0 Å². The minimum Gasteiger partial charge on any atom is -0.456 e. The number of hydrogen-bond donors (Lipinski definition) is 0. The van der Waals surface area contributed by atoms with E-state index in [1.165, 1.54) is 43.6 Å². The van der Waals surface area contributed by atoms with Gasteiger partial charge < -0.3 is 13.6 Å². The number of hydrogen-bond acceptors (Lipinski definition) is 2. The van der Waals surface area contributed by atoms with Gasteiger partial charge in [-0.05, 0) is 77.9 Å². The Morgan fingerprint density at radius 2 is 1.02 bits per heavy atom. The summed E-state index contributed by atoms with van der Waals surface area (Å²) in [6.07, 6.45) is 3.66. The highest BCUT2D eigenvalue weighted by Gasteiger charge is 2.21. The molecule has 0 N–H and O–H groups in total. The van der Waals surface area contributed by atoms with Gasteiger partial charge in [0.05, 0.1) is 22.1 Å². The molecule has 4 aromatic heterocycles. The molecular formula is C41H25N3O. The summed E-state index contributed by atoms with van der Waals surface area (Å²) in [6, 6.07) is 50.0. The van der Waals surface area contributed by atoms with Gasteiger partial charge in [-0.1, -0.05) is 72.8 Å². The van der Waals surface area contributed by atoms with Crippen LogP contribution in [0.5, 0.6) is 0 Å². The second kappa shape index (κ2) is 9.18. The maximum Gasteiger partial charge on any atom is 0.138 e. The number of rotatable bonds is 3. The number of aromatic nitrogens is 3. The predicted octanol–water partition coefficient (Wildman–Crippen LogP) is 10.8. The average Bonchev–Trinajstić information content (AvgIpc) is 3.76. The summed E-state index contributed by atoms with van der Waals surface area (Å²) in [5.74, 6) is 0. The van der Waals surface area contributed by atoms with Crippen molar-refractivity contribution in [2.45, 2.75) is 0 Å². The molecule has 0 spiro atoms. The third-order valence-corrected chi connectivity index (χ3v) is 9.20. The van der Waals surface area contributed by atoms with Crippen LogP contribution >= 0.6 is 0 Å². The molecule has 210 valence electrons. The van der Waals surface area contributed by atoms with Gasteiger partial charge in [-0.25, -0.2) is 0 Å². The van der Waals surface area contributed by atoms with Gasteiger partial charge in [0.2, 0.25) is 0 Å². The largest absolute Gasteiger partial charge is 0.456 e. The standard InChI is InChI=1S/C41H25N3O/c1-3-9-28(10-4-1)43-34-14-8-7-13-30(34)40-35(43)18-19-36-41(40)31-17-15-27(24-37(31)44(36)29-11-5-2-6-12-29)26-16-20-38-32(23-26)33-25-42-22-21-39(33)45-38/h1-25H. The van der Waals surface area contributed by atoms with Gasteiger partial charge in [0.1, 0.15) is 11.2 Å². The zero-order valence-corrected chi connectivity index (χ0v) is 24.2. The van der Waals surface area contributed by atoms with Crippen LogP contribution in [-0.2, 0) is 0 Å². The van der Waals surface area contributed by atoms with Crippen LogP contribution in [0.1, 0.15) is 0 Å². The molecule has 0 atom stereocenters. The summed E-state index contributed by atoms with van der Waals surface area (Å²) in [7, 11) is 0. The highest BCUT2D eigenvalue weighted by atomic mass is 16.3. The molecule has 0 aliphatic carbocycles. The summed E-state index contributed by atoms with van der Waals surface area (Å²) in [4.78, 5) is 4.35. The Bertz CT molecular complexity index is 2750. The van der Waals surface area contributed by atoms with Crippen molar-refractivity contribution in [3.8, 4) is 22.5 Å². The fourth-order valence-electron chi connectivity index (χ4n) is 7.26. The van der Waals surface area contributed by atoms with E-state index in [-0.39, 0.29) is 0 Å². The lowest BCUT2D eigenvalue weighted by Crippen LogP contribution is -1.94. The van der Waals surface area contributed by atoms with Crippen LogP contribution in [0.4, 0.5) is 0 Å². The Labute approximate surface area is 258 Å². The van der Waals surface area contributed by atoms with E-state index in [1.807, 2.05) is 12.3 Å². The van der Waals surface area contributed by atoms with Crippen molar-refractivity contribution in [1.29, 1.82) is 0 Å². The van der Waals surface area contributed by atoms with Gasteiger partial charge >= 0.3 is 0 Å². The molecule has 0 amide bonds. The van der Waals surface area contributed by atoms with Gasteiger partial charge in [-0.2, -0.15) is 0 Å². The Hall–Kier alpha value is -6.13. The van der Waals surface area contributed by atoms with Crippen LogP contribution in [-0.4, -0.2) is 14.1 Å². The lowest BCUT2D eigenvalue weighted by Gasteiger charge is -2.09. The Morgan fingerprint density at radius 3 is 1.78 bits per heavy atom. The molecular weight excluding hydrogens is 550 g/mol. The maximum atomic E-state index is 6.09. The quantitative estimate of drug-likeness (QED) is 0.210. The van der Waals surface area contributed by atoms with E-state index in [4.69, 9.17) is 4.42 Å². The number of para-hydroxylation sites is 3. The van der Waals surface area contributed by atoms with Gasteiger partial charge in [0.25, 0.3) is 0 Å². The van der Waals surface area contributed by atoms with Gasteiger partial charge in [0, 0.05) is 56.1 Å². The van der Waals surface area contributed by atoms with E-state index in [0.717, 1.165) is 44.4 Å². The molecule has 0 radical (unpaired) electrons. The van der Waals surface area contributed by atoms with Crippen molar-refractivity contribution in [1.82, 2.24) is 14.1 Å². The Morgan fingerprint density at radius 1 is 0.422 bits per heavy atom. The van der Waals surface area contributed by atoms with E-state index in [9.17, 15) is 0 Å². The molecule has 4 heteroatoms. The van der Waals surface area contributed by atoms with Crippen LogP contribution in [0.3, 0.4) is 0 Å². The van der Waals surface area contributed by atoms with E-state index < -0.39 is 0 Å². The summed E-state index contributed by atoms with van der Waals surface area (Å²) in [5.41, 5.74) is 11.1. The third kappa shape index (κ3) is 3.45. The second-order valence-corrected chi connectivity index (χ2v) is 11.6. The van der Waals surface area contributed by atoms with E-state index >= 15 is 0 Å². The number of pyridine rings is 1. The highest BCUT2D eigenvalue weighted by molar-refractivity contribution is 6.29. The zero-order chi connectivity index (χ0) is 29.5. The van der Waals surface area contributed by atoms with Crippen LogP contribution in [0, 0.1) is 0 Å². The average molecular weight is 576 g/mol. The molecule has 0 saturated heterocycles. The van der Waals surface area contributed by atoms with E-state index in [2.05, 4.69) is 148 Å². The monoisotopic (exact) mass is 575 g/mol. The van der Waals surface area contributed by atoms with Crippen LogP contribution in [0.25, 0.3) is 88.1 Å². The molecule has 10 aromatic rings. The molecule has 0 saturated carbocycles. The minimum absolute atomic E-state index is 0.857. The van der Waals surface area contributed by atoms with Crippen molar-refractivity contribution >= 4 is 65.6 Å². The third-order valence-electron chi connectivity index (χ3n) is 9.20. The Kier molecular flexibility index (Phi) is 4.96. The smallest absolute Gasteiger partial charge is 0.138 e. The molecule has 0 unspecified atom stereocenters. The molecule has 45 heavy (non-hydrogen) atoms. The molecule has 6 aromatic carbocycles.